The zero-order valence-electron chi connectivity index (χ0n) is 11.2. The van der Waals surface area contributed by atoms with Crippen molar-refractivity contribution in [2.24, 2.45) is 0 Å². The second-order valence-corrected chi connectivity index (χ2v) is 7.90. The number of thiophene rings is 1. The molecule has 0 unspecified atom stereocenters. The lowest BCUT2D eigenvalue weighted by Crippen LogP contribution is -2.13. The molecule has 1 aromatic carbocycles. The van der Waals surface area contributed by atoms with Gasteiger partial charge in [-0.3, -0.25) is 4.72 Å². The molecule has 0 spiro atoms. The van der Waals surface area contributed by atoms with Gasteiger partial charge in [-0.15, -0.1) is 11.3 Å². The van der Waals surface area contributed by atoms with Crippen LogP contribution in [0, 0.1) is 13.8 Å². The first-order chi connectivity index (χ1) is 9.36. The summed E-state index contributed by atoms with van der Waals surface area (Å²) in [6.07, 6.45) is 0. The van der Waals surface area contributed by atoms with E-state index in [1.165, 1.54) is 11.3 Å². The molecule has 2 aromatic rings. The number of anilines is 1. The average Bonchev–Trinajstić information content (AvgIpc) is 2.81. The Labute approximate surface area is 131 Å². The lowest BCUT2D eigenvalue weighted by atomic mass is 10.1. The van der Waals surface area contributed by atoms with Gasteiger partial charge >= 0.3 is 0 Å². The number of benzene rings is 1. The van der Waals surface area contributed by atoms with Crippen molar-refractivity contribution < 1.29 is 13.2 Å². The Bertz CT molecular complexity index is 738. The number of sulfonamides is 1. The molecule has 7 heteroatoms. The van der Waals surface area contributed by atoms with Crippen LogP contribution in [0.25, 0.3) is 0 Å². The number of methoxy groups -OCH3 is 1. The summed E-state index contributed by atoms with van der Waals surface area (Å²) in [5.41, 5.74) is 2.25. The molecule has 0 fully saturated rings. The minimum Gasteiger partial charge on any atom is -0.496 e. The normalized spacial score (nSPS) is 11.4. The Balaban J connectivity index is 2.43. The van der Waals surface area contributed by atoms with Crippen molar-refractivity contribution in [3.8, 4) is 5.75 Å². The number of ether oxygens (including phenoxy) is 1. The molecule has 0 aliphatic rings. The van der Waals surface area contributed by atoms with E-state index < -0.39 is 10.0 Å². The van der Waals surface area contributed by atoms with E-state index in [1.54, 1.807) is 24.6 Å². The number of rotatable bonds is 4. The highest BCUT2D eigenvalue weighted by Crippen LogP contribution is 2.33. The highest BCUT2D eigenvalue weighted by molar-refractivity contribution is 9.10. The molecular weight excluding hydrogens is 362 g/mol. The summed E-state index contributed by atoms with van der Waals surface area (Å²) in [6, 6.07) is 5.28. The molecule has 4 nitrogen and oxygen atoms in total. The zero-order valence-corrected chi connectivity index (χ0v) is 14.4. The molecule has 108 valence electrons. The fourth-order valence-corrected chi connectivity index (χ4v) is 5.38. The summed E-state index contributed by atoms with van der Waals surface area (Å²) in [5, 5.41) is 1.72. The largest absolute Gasteiger partial charge is 0.496 e. The van der Waals surface area contributed by atoms with Gasteiger partial charge in [0, 0.05) is 10.0 Å². The summed E-state index contributed by atoms with van der Waals surface area (Å²) in [5.74, 6) is 0.690. The fraction of sp³-hybridized carbons (Fsp3) is 0.231. The van der Waals surface area contributed by atoms with Crippen LogP contribution in [0.2, 0.25) is 0 Å². The van der Waals surface area contributed by atoms with Crippen LogP contribution in [-0.4, -0.2) is 15.5 Å². The van der Waals surface area contributed by atoms with Gasteiger partial charge in [-0.2, -0.15) is 0 Å². The quantitative estimate of drug-likeness (QED) is 0.880. The number of aryl methyl sites for hydroxylation is 1. The summed E-state index contributed by atoms with van der Waals surface area (Å²) in [4.78, 5) is 0. The molecule has 0 aliphatic heterocycles. The Morgan fingerprint density at radius 3 is 2.50 bits per heavy atom. The number of halogens is 1. The van der Waals surface area contributed by atoms with Crippen molar-refractivity contribution in [2.45, 2.75) is 18.1 Å². The molecule has 0 radical (unpaired) electrons. The third-order valence-electron chi connectivity index (χ3n) is 2.88. The van der Waals surface area contributed by atoms with Crippen LogP contribution in [0.15, 0.2) is 32.3 Å². The van der Waals surface area contributed by atoms with E-state index in [0.29, 0.717) is 15.9 Å². The Morgan fingerprint density at radius 2 is 1.95 bits per heavy atom. The van der Waals surface area contributed by atoms with Crippen molar-refractivity contribution in [2.75, 3.05) is 11.8 Å². The van der Waals surface area contributed by atoms with Gasteiger partial charge in [0.05, 0.1) is 12.8 Å². The monoisotopic (exact) mass is 375 g/mol. The third kappa shape index (κ3) is 2.84. The highest BCUT2D eigenvalue weighted by atomic mass is 79.9. The van der Waals surface area contributed by atoms with Crippen LogP contribution in [0.1, 0.15) is 11.1 Å². The Morgan fingerprint density at radius 1 is 1.25 bits per heavy atom. The van der Waals surface area contributed by atoms with E-state index in [1.807, 2.05) is 19.9 Å². The van der Waals surface area contributed by atoms with E-state index in [4.69, 9.17) is 4.74 Å². The number of hydrogen-bond donors (Lipinski definition) is 1. The van der Waals surface area contributed by atoms with Gasteiger partial charge < -0.3 is 4.74 Å². The minimum absolute atomic E-state index is 0.261. The number of nitrogens with one attached hydrogen (secondary N) is 1. The van der Waals surface area contributed by atoms with Gasteiger partial charge in [0.25, 0.3) is 10.0 Å². The average molecular weight is 376 g/mol. The van der Waals surface area contributed by atoms with Crippen molar-refractivity contribution >= 4 is 43.0 Å². The van der Waals surface area contributed by atoms with Gasteiger partial charge in [-0.05, 0) is 52.9 Å². The van der Waals surface area contributed by atoms with Crippen LogP contribution < -0.4 is 9.46 Å². The second kappa shape index (κ2) is 5.75. The van der Waals surface area contributed by atoms with E-state index in [0.717, 1.165) is 11.1 Å². The first-order valence-corrected chi connectivity index (χ1v) is 8.92. The molecule has 1 N–H and O–H groups in total. The summed E-state index contributed by atoms with van der Waals surface area (Å²) >= 11 is 4.41. The van der Waals surface area contributed by atoms with Crippen LogP contribution >= 0.6 is 27.3 Å². The van der Waals surface area contributed by atoms with Crippen LogP contribution in [0.5, 0.6) is 5.75 Å². The van der Waals surface area contributed by atoms with E-state index in [2.05, 4.69) is 20.7 Å². The summed E-state index contributed by atoms with van der Waals surface area (Å²) in [6.45, 7) is 3.74. The maximum absolute atomic E-state index is 12.3. The van der Waals surface area contributed by atoms with Crippen LogP contribution in [-0.2, 0) is 10.0 Å². The van der Waals surface area contributed by atoms with Crippen molar-refractivity contribution in [3.05, 3.63) is 39.2 Å². The summed E-state index contributed by atoms with van der Waals surface area (Å²) in [7, 11) is -2.02. The van der Waals surface area contributed by atoms with Gasteiger partial charge in [0.15, 0.2) is 4.21 Å². The smallest absolute Gasteiger partial charge is 0.272 e. The maximum Gasteiger partial charge on any atom is 0.272 e. The lowest BCUT2D eigenvalue weighted by molar-refractivity contribution is 0.409. The van der Waals surface area contributed by atoms with Crippen LogP contribution in [0.3, 0.4) is 0 Å². The number of hydrogen-bond acceptors (Lipinski definition) is 4. The SMILES string of the molecule is COc1c(C)ccc(NS(=O)(=O)c2sccc2Br)c1C. The molecule has 0 atom stereocenters. The molecule has 0 amide bonds. The van der Waals surface area contributed by atoms with Crippen molar-refractivity contribution in [1.29, 1.82) is 0 Å². The van der Waals surface area contributed by atoms with Gasteiger partial charge in [0.1, 0.15) is 5.75 Å². The van der Waals surface area contributed by atoms with Gasteiger partial charge in [0.2, 0.25) is 0 Å². The predicted molar refractivity (Wildman–Crippen MR) is 85.3 cm³/mol. The Hall–Kier alpha value is -1.05. The Kier molecular flexibility index (Phi) is 4.41. The molecule has 0 aliphatic carbocycles. The molecule has 0 bridgehead atoms. The molecule has 20 heavy (non-hydrogen) atoms. The van der Waals surface area contributed by atoms with E-state index in [-0.39, 0.29) is 4.21 Å². The molecule has 0 saturated carbocycles. The standard InChI is InChI=1S/C13H14BrNO3S2/c1-8-4-5-11(9(2)12(8)18-3)15-20(16,17)13-10(14)6-7-19-13/h4-7,15H,1-3H3. The fourth-order valence-electron chi connectivity index (χ4n) is 1.91. The molecular formula is C13H14BrNO3S2. The molecule has 1 aromatic heterocycles. The molecule has 2 rings (SSSR count). The van der Waals surface area contributed by atoms with Gasteiger partial charge in [-0.25, -0.2) is 8.42 Å². The first-order valence-electron chi connectivity index (χ1n) is 5.77. The maximum atomic E-state index is 12.3. The highest BCUT2D eigenvalue weighted by Gasteiger charge is 2.21. The van der Waals surface area contributed by atoms with Crippen LogP contribution in [0.4, 0.5) is 5.69 Å². The molecule has 1 heterocycles. The zero-order chi connectivity index (χ0) is 14.9. The van der Waals surface area contributed by atoms with E-state index in [9.17, 15) is 8.42 Å². The van der Waals surface area contributed by atoms with Crippen molar-refractivity contribution in [1.82, 2.24) is 0 Å². The molecule has 0 saturated heterocycles. The van der Waals surface area contributed by atoms with Crippen molar-refractivity contribution in [3.63, 3.8) is 0 Å². The topological polar surface area (TPSA) is 55.4 Å². The first kappa shape index (κ1) is 15.3. The third-order valence-corrected chi connectivity index (χ3v) is 6.92. The summed E-state index contributed by atoms with van der Waals surface area (Å²) < 4.78 is 33.4. The lowest BCUT2D eigenvalue weighted by Gasteiger charge is -2.14. The van der Waals surface area contributed by atoms with E-state index >= 15 is 0 Å². The van der Waals surface area contributed by atoms with Gasteiger partial charge in [-0.1, -0.05) is 6.07 Å². The minimum atomic E-state index is -3.59. The second-order valence-electron chi connectivity index (χ2n) is 4.25. The predicted octanol–water partition coefficient (Wildman–Crippen LogP) is 3.94.